The van der Waals surface area contributed by atoms with E-state index in [0.717, 1.165) is 23.4 Å². The fourth-order valence-electron chi connectivity index (χ4n) is 1.76. The van der Waals surface area contributed by atoms with Gasteiger partial charge in [0, 0.05) is 16.3 Å². The third-order valence-corrected chi connectivity index (χ3v) is 4.08. The number of alkyl halides is 3. The molecule has 1 heterocycles. The Hall–Kier alpha value is -2.02. The quantitative estimate of drug-likeness (QED) is 0.836. The van der Waals surface area contributed by atoms with Crippen molar-refractivity contribution < 1.29 is 18.0 Å². The smallest absolute Gasteiger partial charge is 0.398 e. The second-order valence-electron chi connectivity index (χ2n) is 4.37. The van der Waals surface area contributed by atoms with E-state index in [9.17, 15) is 18.0 Å². The Labute approximate surface area is 123 Å². The van der Waals surface area contributed by atoms with Gasteiger partial charge in [0.25, 0.3) is 5.91 Å². The Morgan fingerprint density at radius 1 is 1.29 bits per heavy atom. The molecule has 0 unspecified atom stereocenters. The minimum Gasteiger partial charge on any atom is -0.398 e. The second kappa shape index (κ2) is 5.77. The van der Waals surface area contributed by atoms with Gasteiger partial charge in [0.1, 0.15) is 0 Å². The summed E-state index contributed by atoms with van der Waals surface area (Å²) in [5.74, 6) is -0.433. The molecular weight excluding hydrogens is 301 g/mol. The first-order chi connectivity index (χ1) is 9.81. The molecule has 1 aromatic heterocycles. The number of anilines is 2. The second-order valence-corrected chi connectivity index (χ2v) is 5.54. The first kappa shape index (κ1) is 15.4. The number of hydrogen-bond acceptors (Lipinski definition) is 3. The lowest BCUT2D eigenvalue weighted by atomic mass is 10.1. The first-order valence-corrected chi connectivity index (χ1v) is 6.99. The Morgan fingerprint density at radius 3 is 2.57 bits per heavy atom. The van der Waals surface area contributed by atoms with E-state index in [4.69, 9.17) is 5.73 Å². The molecule has 0 aliphatic carbocycles. The molecule has 0 spiro atoms. The third kappa shape index (κ3) is 3.55. The maximum atomic E-state index is 12.7. The Kier molecular flexibility index (Phi) is 4.22. The standard InChI is InChI=1S/C14H13F3N2OS/c1-2-9-4-6-12(21-9)13(20)19-8-3-5-11(18)10(7-8)14(15,16)17/h3-7H,2,18H2,1H3,(H,19,20). The van der Waals surface area contributed by atoms with Crippen molar-refractivity contribution in [3.05, 3.63) is 45.6 Å². The Bertz CT molecular complexity index is 664. The van der Waals surface area contributed by atoms with Crippen molar-refractivity contribution in [3.8, 4) is 0 Å². The van der Waals surface area contributed by atoms with E-state index >= 15 is 0 Å². The van der Waals surface area contributed by atoms with Gasteiger partial charge in [-0.2, -0.15) is 13.2 Å². The molecule has 0 saturated heterocycles. The molecule has 0 atom stereocenters. The summed E-state index contributed by atoms with van der Waals surface area (Å²) in [5.41, 5.74) is 4.04. The predicted molar refractivity (Wildman–Crippen MR) is 77.5 cm³/mol. The summed E-state index contributed by atoms with van der Waals surface area (Å²) in [5, 5.41) is 2.45. The highest BCUT2D eigenvalue weighted by molar-refractivity contribution is 7.14. The fraction of sp³-hybridized carbons (Fsp3) is 0.214. The summed E-state index contributed by atoms with van der Waals surface area (Å²) in [6.07, 6.45) is -3.75. The summed E-state index contributed by atoms with van der Waals surface area (Å²) in [6, 6.07) is 6.78. The normalized spacial score (nSPS) is 11.4. The van der Waals surface area contributed by atoms with Crippen LogP contribution in [0.15, 0.2) is 30.3 Å². The third-order valence-electron chi connectivity index (χ3n) is 2.85. The number of nitrogen functional groups attached to an aromatic ring is 1. The number of halogens is 3. The summed E-state index contributed by atoms with van der Waals surface area (Å²) in [7, 11) is 0. The van der Waals surface area contributed by atoms with Crippen molar-refractivity contribution in [1.82, 2.24) is 0 Å². The molecule has 1 aromatic carbocycles. The summed E-state index contributed by atoms with van der Waals surface area (Å²) >= 11 is 1.31. The van der Waals surface area contributed by atoms with Gasteiger partial charge >= 0.3 is 6.18 Å². The van der Waals surface area contributed by atoms with E-state index in [1.165, 1.54) is 17.4 Å². The molecule has 0 aliphatic rings. The SMILES string of the molecule is CCc1ccc(C(=O)Nc2ccc(N)c(C(F)(F)F)c2)s1. The molecule has 0 saturated carbocycles. The predicted octanol–water partition coefficient (Wildman–Crippen LogP) is 4.16. The van der Waals surface area contributed by atoms with E-state index in [0.29, 0.717) is 4.88 Å². The molecule has 112 valence electrons. The van der Waals surface area contributed by atoms with Crippen LogP contribution in [0.2, 0.25) is 0 Å². The van der Waals surface area contributed by atoms with Gasteiger partial charge in [-0.3, -0.25) is 4.79 Å². The zero-order valence-corrected chi connectivity index (χ0v) is 11.9. The number of benzene rings is 1. The van der Waals surface area contributed by atoms with Gasteiger partial charge < -0.3 is 11.1 Å². The van der Waals surface area contributed by atoms with Crippen LogP contribution in [-0.2, 0) is 12.6 Å². The van der Waals surface area contributed by atoms with Crippen LogP contribution in [-0.4, -0.2) is 5.91 Å². The number of aryl methyl sites for hydroxylation is 1. The molecule has 2 rings (SSSR count). The number of carbonyl (C=O) groups is 1. The van der Waals surface area contributed by atoms with Crippen molar-refractivity contribution in [3.63, 3.8) is 0 Å². The van der Waals surface area contributed by atoms with Crippen LogP contribution in [0, 0.1) is 0 Å². The highest BCUT2D eigenvalue weighted by atomic mass is 32.1. The van der Waals surface area contributed by atoms with Gasteiger partial charge in [-0.25, -0.2) is 0 Å². The van der Waals surface area contributed by atoms with Crippen LogP contribution in [0.25, 0.3) is 0 Å². The summed E-state index contributed by atoms with van der Waals surface area (Å²) in [4.78, 5) is 13.5. The number of carbonyl (C=O) groups excluding carboxylic acids is 1. The molecule has 0 radical (unpaired) electrons. The number of nitrogens with two attached hydrogens (primary N) is 1. The van der Waals surface area contributed by atoms with E-state index in [2.05, 4.69) is 5.32 Å². The summed E-state index contributed by atoms with van der Waals surface area (Å²) < 4.78 is 38.2. The maximum Gasteiger partial charge on any atom is 0.418 e. The number of rotatable bonds is 3. The molecular formula is C14H13F3N2OS. The van der Waals surface area contributed by atoms with Gasteiger partial charge in [0.15, 0.2) is 0 Å². The number of amides is 1. The van der Waals surface area contributed by atoms with E-state index < -0.39 is 17.6 Å². The van der Waals surface area contributed by atoms with Crippen LogP contribution >= 0.6 is 11.3 Å². The van der Waals surface area contributed by atoms with Gasteiger partial charge in [-0.1, -0.05) is 6.92 Å². The highest BCUT2D eigenvalue weighted by Crippen LogP contribution is 2.35. The monoisotopic (exact) mass is 314 g/mol. The van der Waals surface area contributed by atoms with Crippen molar-refractivity contribution in [2.24, 2.45) is 0 Å². The molecule has 3 nitrogen and oxygen atoms in total. The minimum atomic E-state index is -4.55. The van der Waals surface area contributed by atoms with Gasteiger partial charge in [0.2, 0.25) is 0 Å². The summed E-state index contributed by atoms with van der Waals surface area (Å²) in [6.45, 7) is 1.96. The largest absolute Gasteiger partial charge is 0.418 e. The molecule has 3 N–H and O–H groups in total. The number of nitrogens with one attached hydrogen (secondary N) is 1. The molecule has 0 aliphatic heterocycles. The highest BCUT2D eigenvalue weighted by Gasteiger charge is 2.33. The van der Waals surface area contributed by atoms with Gasteiger partial charge in [-0.05, 0) is 36.8 Å². The van der Waals surface area contributed by atoms with E-state index in [1.54, 1.807) is 6.07 Å². The molecule has 21 heavy (non-hydrogen) atoms. The van der Waals surface area contributed by atoms with Crippen LogP contribution in [0.4, 0.5) is 24.5 Å². The molecule has 7 heteroatoms. The zero-order valence-electron chi connectivity index (χ0n) is 11.1. The van der Waals surface area contributed by atoms with Crippen molar-refractivity contribution in [2.45, 2.75) is 19.5 Å². The van der Waals surface area contributed by atoms with E-state index in [1.807, 2.05) is 13.0 Å². The minimum absolute atomic E-state index is 0.0629. The molecule has 0 fully saturated rings. The lowest BCUT2D eigenvalue weighted by Gasteiger charge is -2.12. The Balaban J connectivity index is 2.21. The maximum absolute atomic E-state index is 12.7. The lowest BCUT2D eigenvalue weighted by molar-refractivity contribution is -0.136. The van der Waals surface area contributed by atoms with Gasteiger partial charge in [0.05, 0.1) is 10.4 Å². The van der Waals surface area contributed by atoms with Crippen molar-refractivity contribution in [2.75, 3.05) is 11.1 Å². The van der Waals surface area contributed by atoms with Crippen molar-refractivity contribution >= 4 is 28.6 Å². The average Bonchev–Trinajstić information content (AvgIpc) is 2.88. The van der Waals surface area contributed by atoms with Crippen LogP contribution in [0.1, 0.15) is 27.0 Å². The topological polar surface area (TPSA) is 55.1 Å². The number of hydrogen-bond donors (Lipinski definition) is 2. The molecule has 0 bridgehead atoms. The fourth-order valence-corrected chi connectivity index (χ4v) is 2.60. The zero-order chi connectivity index (χ0) is 15.6. The number of thiophene rings is 1. The van der Waals surface area contributed by atoms with E-state index in [-0.39, 0.29) is 11.4 Å². The van der Waals surface area contributed by atoms with Crippen LogP contribution in [0.3, 0.4) is 0 Å². The molecule has 2 aromatic rings. The van der Waals surface area contributed by atoms with Crippen LogP contribution < -0.4 is 11.1 Å². The van der Waals surface area contributed by atoms with Gasteiger partial charge in [-0.15, -0.1) is 11.3 Å². The Morgan fingerprint density at radius 2 is 2.00 bits per heavy atom. The molecule has 1 amide bonds. The van der Waals surface area contributed by atoms with Crippen molar-refractivity contribution in [1.29, 1.82) is 0 Å². The average molecular weight is 314 g/mol. The van der Waals surface area contributed by atoms with Crippen LogP contribution in [0.5, 0.6) is 0 Å². The first-order valence-electron chi connectivity index (χ1n) is 6.18. The lowest BCUT2D eigenvalue weighted by Crippen LogP contribution is -2.13.